The van der Waals surface area contributed by atoms with Crippen LogP contribution in [-0.4, -0.2) is 47.1 Å². The van der Waals surface area contributed by atoms with E-state index in [9.17, 15) is 9.59 Å². The standard InChI is InChI=1S/C11H19N3O3/c1-11(2,3)14(8-10(16)17)7-9(15)13-6-4-5-12/h4,6-8H2,1-3H3,(H,13,15)(H,16,17). The lowest BCUT2D eigenvalue weighted by atomic mass is 10.1. The number of rotatable bonds is 6. The summed E-state index contributed by atoms with van der Waals surface area (Å²) < 4.78 is 0. The summed E-state index contributed by atoms with van der Waals surface area (Å²) in [7, 11) is 0. The zero-order chi connectivity index (χ0) is 13.5. The predicted molar refractivity (Wildman–Crippen MR) is 62.2 cm³/mol. The van der Waals surface area contributed by atoms with E-state index in [-0.39, 0.29) is 25.4 Å². The van der Waals surface area contributed by atoms with Crippen molar-refractivity contribution in [3.8, 4) is 6.07 Å². The summed E-state index contributed by atoms with van der Waals surface area (Å²) in [6.07, 6.45) is 0.250. The molecule has 0 rings (SSSR count). The molecule has 0 aliphatic heterocycles. The Hall–Kier alpha value is -1.61. The number of carbonyl (C=O) groups is 2. The predicted octanol–water partition coefficient (Wildman–Crippen LogP) is 0.201. The molecule has 0 fully saturated rings. The first-order valence-corrected chi connectivity index (χ1v) is 5.38. The van der Waals surface area contributed by atoms with E-state index in [1.165, 1.54) is 0 Å². The molecular weight excluding hydrogens is 222 g/mol. The van der Waals surface area contributed by atoms with Crippen molar-refractivity contribution in [3.63, 3.8) is 0 Å². The number of nitriles is 1. The average molecular weight is 241 g/mol. The second kappa shape index (κ2) is 6.86. The summed E-state index contributed by atoms with van der Waals surface area (Å²) in [5.41, 5.74) is -0.398. The van der Waals surface area contributed by atoms with Gasteiger partial charge in [-0.1, -0.05) is 0 Å². The van der Waals surface area contributed by atoms with Crippen LogP contribution in [0.1, 0.15) is 27.2 Å². The molecule has 0 aliphatic rings. The highest BCUT2D eigenvalue weighted by molar-refractivity contribution is 5.79. The average Bonchev–Trinajstić information content (AvgIpc) is 2.15. The summed E-state index contributed by atoms with van der Waals surface area (Å²) >= 11 is 0. The Labute approximate surface area is 101 Å². The van der Waals surface area contributed by atoms with Crippen molar-refractivity contribution < 1.29 is 14.7 Å². The number of nitrogens with one attached hydrogen (secondary N) is 1. The van der Waals surface area contributed by atoms with Gasteiger partial charge in [0.2, 0.25) is 5.91 Å². The molecule has 0 saturated heterocycles. The second-order valence-corrected chi connectivity index (χ2v) is 4.68. The first-order valence-electron chi connectivity index (χ1n) is 5.38. The number of hydrogen-bond acceptors (Lipinski definition) is 4. The Morgan fingerprint density at radius 2 is 1.94 bits per heavy atom. The molecular formula is C11H19N3O3. The summed E-state index contributed by atoms with van der Waals surface area (Å²) in [4.78, 5) is 23.7. The molecule has 0 heterocycles. The fourth-order valence-corrected chi connectivity index (χ4v) is 1.18. The van der Waals surface area contributed by atoms with E-state index in [4.69, 9.17) is 10.4 Å². The van der Waals surface area contributed by atoms with Crippen LogP contribution in [0.5, 0.6) is 0 Å². The highest BCUT2D eigenvalue weighted by Crippen LogP contribution is 2.11. The number of amides is 1. The van der Waals surface area contributed by atoms with Crippen LogP contribution in [0.3, 0.4) is 0 Å². The van der Waals surface area contributed by atoms with Gasteiger partial charge in [0.05, 0.1) is 25.6 Å². The van der Waals surface area contributed by atoms with Gasteiger partial charge >= 0.3 is 5.97 Å². The molecule has 0 bridgehead atoms. The summed E-state index contributed by atoms with van der Waals surface area (Å²) in [6, 6.07) is 1.92. The van der Waals surface area contributed by atoms with Crippen LogP contribution in [0.15, 0.2) is 0 Å². The van der Waals surface area contributed by atoms with Crippen molar-refractivity contribution in [1.82, 2.24) is 10.2 Å². The Morgan fingerprint density at radius 1 is 1.35 bits per heavy atom. The molecule has 0 radical (unpaired) electrons. The van der Waals surface area contributed by atoms with Crippen molar-refractivity contribution >= 4 is 11.9 Å². The van der Waals surface area contributed by atoms with E-state index in [1.807, 2.05) is 26.8 Å². The summed E-state index contributed by atoms with van der Waals surface area (Å²) in [6.45, 7) is 5.66. The second-order valence-electron chi connectivity index (χ2n) is 4.68. The molecule has 0 aliphatic carbocycles. The number of aliphatic carboxylic acids is 1. The maximum atomic E-state index is 11.5. The Kier molecular flexibility index (Phi) is 6.21. The van der Waals surface area contributed by atoms with Crippen LogP contribution < -0.4 is 5.32 Å². The van der Waals surface area contributed by atoms with E-state index in [0.717, 1.165) is 0 Å². The third-order valence-electron chi connectivity index (χ3n) is 2.17. The van der Waals surface area contributed by atoms with Gasteiger partial charge < -0.3 is 10.4 Å². The molecule has 0 unspecified atom stereocenters. The number of carboxylic acid groups (broad SMARTS) is 1. The Bertz CT molecular complexity index is 315. The number of hydrogen-bond donors (Lipinski definition) is 2. The molecule has 0 atom stereocenters. The minimum Gasteiger partial charge on any atom is -0.480 e. The van der Waals surface area contributed by atoms with Crippen LogP contribution >= 0.6 is 0 Å². The van der Waals surface area contributed by atoms with Crippen molar-refractivity contribution in [2.75, 3.05) is 19.6 Å². The van der Waals surface area contributed by atoms with Crippen LogP contribution in [0, 0.1) is 11.3 Å². The smallest absolute Gasteiger partial charge is 0.317 e. The Morgan fingerprint density at radius 3 is 2.35 bits per heavy atom. The van der Waals surface area contributed by atoms with Gasteiger partial charge in [-0.15, -0.1) is 0 Å². The molecule has 6 nitrogen and oxygen atoms in total. The quantitative estimate of drug-likeness (QED) is 0.648. The van der Waals surface area contributed by atoms with E-state index in [1.54, 1.807) is 4.90 Å². The van der Waals surface area contributed by atoms with Gasteiger partial charge in [0, 0.05) is 12.1 Å². The first-order chi connectivity index (χ1) is 7.77. The maximum Gasteiger partial charge on any atom is 0.317 e. The van der Waals surface area contributed by atoms with E-state index >= 15 is 0 Å². The minimum absolute atomic E-state index is 0.0151. The number of nitrogens with zero attached hydrogens (tertiary/aromatic N) is 2. The highest BCUT2D eigenvalue weighted by Gasteiger charge is 2.25. The number of carboxylic acids is 1. The summed E-state index contributed by atoms with van der Waals surface area (Å²) in [5, 5.41) is 19.6. The topological polar surface area (TPSA) is 93.4 Å². The fraction of sp³-hybridized carbons (Fsp3) is 0.727. The lowest BCUT2D eigenvalue weighted by Crippen LogP contribution is -2.49. The highest BCUT2D eigenvalue weighted by atomic mass is 16.4. The van der Waals surface area contributed by atoms with Gasteiger partial charge in [-0.2, -0.15) is 5.26 Å². The van der Waals surface area contributed by atoms with Gasteiger partial charge in [0.15, 0.2) is 0 Å². The largest absolute Gasteiger partial charge is 0.480 e. The maximum absolute atomic E-state index is 11.5. The van der Waals surface area contributed by atoms with Crippen molar-refractivity contribution in [2.24, 2.45) is 0 Å². The van der Waals surface area contributed by atoms with Crippen LogP contribution in [0.2, 0.25) is 0 Å². The molecule has 0 aromatic heterocycles. The fourth-order valence-electron chi connectivity index (χ4n) is 1.18. The number of carbonyl (C=O) groups excluding carboxylic acids is 1. The monoisotopic (exact) mass is 241 g/mol. The summed E-state index contributed by atoms with van der Waals surface area (Å²) in [5.74, 6) is -1.24. The SMILES string of the molecule is CC(C)(C)N(CC(=O)O)CC(=O)NCCC#N. The van der Waals surface area contributed by atoms with Gasteiger partial charge in [-0.3, -0.25) is 14.5 Å². The molecule has 1 amide bonds. The first kappa shape index (κ1) is 15.4. The van der Waals surface area contributed by atoms with Crippen molar-refractivity contribution in [2.45, 2.75) is 32.7 Å². The molecule has 6 heteroatoms. The zero-order valence-corrected chi connectivity index (χ0v) is 10.5. The molecule has 0 saturated carbocycles. The molecule has 96 valence electrons. The van der Waals surface area contributed by atoms with Gasteiger partial charge in [-0.25, -0.2) is 0 Å². The molecule has 2 N–H and O–H groups in total. The zero-order valence-electron chi connectivity index (χ0n) is 10.5. The van der Waals surface area contributed by atoms with E-state index in [2.05, 4.69) is 5.32 Å². The van der Waals surface area contributed by atoms with Crippen LogP contribution in [0.4, 0.5) is 0 Å². The third-order valence-corrected chi connectivity index (χ3v) is 2.17. The van der Waals surface area contributed by atoms with Crippen LogP contribution in [-0.2, 0) is 9.59 Å². The minimum atomic E-state index is -0.968. The Balaban J connectivity index is 4.30. The lowest BCUT2D eigenvalue weighted by molar-refractivity contribution is -0.140. The molecule has 0 spiro atoms. The molecule has 17 heavy (non-hydrogen) atoms. The molecule has 0 aromatic rings. The molecule has 0 aromatic carbocycles. The van der Waals surface area contributed by atoms with Crippen molar-refractivity contribution in [1.29, 1.82) is 5.26 Å². The normalized spacial score (nSPS) is 11.0. The van der Waals surface area contributed by atoms with Gasteiger partial charge in [0.25, 0.3) is 0 Å². The van der Waals surface area contributed by atoms with Gasteiger partial charge in [0.1, 0.15) is 0 Å². The third kappa shape index (κ3) is 7.30. The van der Waals surface area contributed by atoms with E-state index in [0.29, 0.717) is 6.54 Å². The van der Waals surface area contributed by atoms with Gasteiger partial charge in [-0.05, 0) is 20.8 Å². The van der Waals surface area contributed by atoms with Crippen LogP contribution in [0.25, 0.3) is 0 Å². The lowest BCUT2D eigenvalue weighted by Gasteiger charge is -2.33. The van der Waals surface area contributed by atoms with Crippen molar-refractivity contribution in [3.05, 3.63) is 0 Å². The van der Waals surface area contributed by atoms with E-state index < -0.39 is 11.5 Å².